The number of rotatable bonds is 3. The number of nitrogens with two attached hydrogens (primary N) is 1. The molecule has 0 spiro atoms. The molecule has 5 heteroatoms. The number of esters is 1. The molecule has 1 aliphatic rings. The number of alkyl halides is 2. The monoisotopic (exact) mass is 207 g/mol. The van der Waals surface area contributed by atoms with Crippen LogP contribution in [0.2, 0.25) is 0 Å². The summed E-state index contributed by atoms with van der Waals surface area (Å²) >= 11 is 0. The van der Waals surface area contributed by atoms with Crippen molar-refractivity contribution in [3.8, 4) is 0 Å². The molecule has 1 fully saturated rings. The summed E-state index contributed by atoms with van der Waals surface area (Å²) < 4.78 is 30.0. The molecular weight excluding hydrogens is 192 g/mol. The van der Waals surface area contributed by atoms with Crippen molar-refractivity contribution in [2.75, 3.05) is 7.11 Å². The minimum atomic E-state index is -1.40. The summed E-state index contributed by atoms with van der Waals surface area (Å²) in [5, 5.41) is 0. The van der Waals surface area contributed by atoms with Crippen LogP contribution in [-0.2, 0) is 9.53 Å². The first-order chi connectivity index (χ1) is 6.54. The average Bonchev–Trinajstić information content (AvgIpc) is 2.44. The molecule has 2 N–H and O–H groups in total. The summed E-state index contributed by atoms with van der Waals surface area (Å²) in [6.45, 7) is 0. The van der Waals surface area contributed by atoms with Crippen LogP contribution in [0.3, 0.4) is 0 Å². The van der Waals surface area contributed by atoms with Gasteiger partial charge in [-0.25, -0.2) is 8.78 Å². The van der Waals surface area contributed by atoms with E-state index in [1.54, 1.807) is 0 Å². The quantitative estimate of drug-likeness (QED) is 0.701. The van der Waals surface area contributed by atoms with Crippen molar-refractivity contribution in [1.29, 1.82) is 0 Å². The second kappa shape index (κ2) is 4.68. The van der Waals surface area contributed by atoms with Crippen LogP contribution in [0.1, 0.15) is 19.3 Å². The molecule has 1 unspecified atom stereocenters. The van der Waals surface area contributed by atoms with Gasteiger partial charge < -0.3 is 10.5 Å². The molecule has 0 saturated heterocycles. The Kier molecular flexibility index (Phi) is 3.80. The Morgan fingerprint density at radius 3 is 2.43 bits per heavy atom. The Hall–Kier alpha value is -0.710. The van der Waals surface area contributed by atoms with E-state index in [0.717, 1.165) is 0 Å². The molecule has 3 nitrogen and oxygen atoms in total. The van der Waals surface area contributed by atoms with Crippen LogP contribution >= 0.6 is 0 Å². The van der Waals surface area contributed by atoms with Gasteiger partial charge in [-0.05, 0) is 25.2 Å². The number of methoxy groups -OCH3 is 1. The predicted molar refractivity (Wildman–Crippen MR) is 47.1 cm³/mol. The lowest BCUT2D eigenvalue weighted by Crippen LogP contribution is -2.33. The largest absolute Gasteiger partial charge is 0.468 e. The van der Waals surface area contributed by atoms with Gasteiger partial charge in [0.05, 0.1) is 7.11 Å². The lowest BCUT2D eigenvalue weighted by molar-refractivity contribution is -0.142. The maximum absolute atomic E-state index is 12.8. The molecule has 1 saturated carbocycles. The minimum absolute atomic E-state index is 0.144. The molecule has 0 aliphatic heterocycles. The minimum Gasteiger partial charge on any atom is -0.468 e. The molecule has 14 heavy (non-hydrogen) atoms. The second-order valence-electron chi connectivity index (χ2n) is 3.73. The Balaban J connectivity index is 2.35. The van der Waals surface area contributed by atoms with E-state index in [-0.39, 0.29) is 18.8 Å². The molecule has 0 amide bonds. The lowest BCUT2D eigenvalue weighted by Gasteiger charge is -2.13. The van der Waals surface area contributed by atoms with E-state index >= 15 is 0 Å². The van der Waals surface area contributed by atoms with Crippen LogP contribution in [0.4, 0.5) is 8.78 Å². The Morgan fingerprint density at radius 2 is 2.00 bits per heavy atom. The molecule has 0 radical (unpaired) electrons. The maximum atomic E-state index is 12.8. The van der Waals surface area contributed by atoms with Crippen molar-refractivity contribution in [3.05, 3.63) is 0 Å². The van der Waals surface area contributed by atoms with Crippen LogP contribution in [0.15, 0.2) is 0 Å². The van der Waals surface area contributed by atoms with Gasteiger partial charge in [0.2, 0.25) is 0 Å². The zero-order valence-corrected chi connectivity index (χ0v) is 8.08. The first-order valence-corrected chi connectivity index (χ1v) is 4.66. The fraction of sp³-hybridized carbons (Fsp3) is 0.889. The Labute approximate surface area is 81.6 Å². The SMILES string of the molecule is COC(=O)C(N)C[C@@H]1C[C@@H](F)[C@@H](F)C1. The van der Waals surface area contributed by atoms with Crippen LogP contribution in [0.5, 0.6) is 0 Å². The zero-order valence-electron chi connectivity index (χ0n) is 8.08. The number of ether oxygens (including phenoxy) is 1. The van der Waals surface area contributed by atoms with E-state index in [2.05, 4.69) is 4.74 Å². The summed E-state index contributed by atoms with van der Waals surface area (Å²) in [5.74, 6) is -0.670. The summed E-state index contributed by atoms with van der Waals surface area (Å²) in [7, 11) is 1.24. The van der Waals surface area contributed by atoms with Crippen molar-refractivity contribution in [1.82, 2.24) is 0 Å². The Bertz CT molecular complexity index is 203. The summed E-state index contributed by atoms with van der Waals surface area (Å²) in [6, 6.07) is -0.762. The van der Waals surface area contributed by atoms with Crippen molar-refractivity contribution in [2.24, 2.45) is 11.7 Å². The van der Waals surface area contributed by atoms with Gasteiger partial charge in [-0.15, -0.1) is 0 Å². The third kappa shape index (κ3) is 2.64. The van der Waals surface area contributed by atoms with Crippen molar-refractivity contribution in [3.63, 3.8) is 0 Å². The van der Waals surface area contributed by atoms with E-state index in [9.17, 15) is 13.6 Å². The van der Waals surface area contributed by atoms with Crippen LogP contribution in [0, 0.1) is 5.92 Å². The highest BCUT2D eigenvalue weighted by molar-refractivity contribution is 5.75. The lowest BCUT2D eigenvalue weighted by atomic mass is 9.99. The number of hydrogen-bond acceptors (Lipinski definition) is 3. The highest BCUT2D eigenvalue weighted by Gasteiger charge is 2.36. The summed E-state index contributed by atoms with van der Waals surface area (Å²) in [5.41, 5.74) is 5.48. The predicted octanol–water partition coefficient (Wildman–Crippen LogP) is 0.963. The highest BCUT2D eigenvalue weighted by atomic mass is 19.2. The van der Waals surface area contributed by atoms with Gasteiger partial charge in [-0.1, -0.05) is 0 Å². The summed E-state index contributed by atoms with van der Waals surface area (Å²) in [6.07, 6.45) is -2.18. The van der Waals surface area contributed by atoms with Crippen molar-refractivity contribution in [2.45, 2.75) is 37.6 Å². The molecule has 0 aromatic heterocycles. The smallest absolute Gasteiger partial charge is 0.322 e. The third-order valence-corrected chi connectivity index (χ3v) is 2.60. The average molecular weight is 207 g/mol. The standard InChI is InChI=1S/C9H15F2NO2/c1-14-9(13)8(12)4-5-2-6(10)7(11)3-5/h5-8H,2-4,12H2,1H3/t5-,6-,7+,8?. The topological polar surface area (TPSA) is 52.3 Å². The van der Waals surface area contributed by atoms with Gasteiger partial charge in [0.1, 0.15) is 18.4 Å². The molecule has 0 aromatic rings. The van der Waals surface area contributed by atoms with E-state index in [1.165, 1.54) is 7.11 Å². The van der Waals surface area contributed by atoms with Crippen molar-refractivity contribution < 1.29 is 18.3 Å². The van der Waals surface area contributed by atoms with E-state index in [0.29, 0.717) is 6.42 Å². The molecule has 1 aliphatic carbocycles. The Morgan fingerprint density at radius 1 is 1.50 bits per heavy atom. The van der Waals surface area contributed by atoms with Gasteiger partial charge in [-0.2, -0.15) is 0 Å². The van der Waals surface area contributed by atoms with Gasteiger partial charge in [-0.3, -0.25) is 4.79 Å². The highest BCUT2D eigenvalue weighted by Crippen LogP contribution is 2.33. The first-order valence-electron chi connectivity index (χ1n) is 4.66. The van der Waals surface area contributed by atoms with Gasteiger partial charge in [0.15, 0.2) is 0 Å². The maximum Gasteiger partial charge on any atom is 0.322 e. The van der Waals surface area contributed by atoms with Crippen LogP contribution in [0.25, 0.3) is 0 Å². The fourth-order valence-corrected chi connectivity index (χ4v) is 1.83. The zero-order chi connectivity index (χ0) is 10.7. The molecule has 4 atom stereocenters. The number of halogens is 2. The normalized spacial score (nSPS) is 34.1. The number of carbonyl (C=O) groups excluding carboxylic acids is 1. The van der Waals surface area contributed by atoms with Crippen LogP contribution < -0.4 is 5.73 Å². The number of hydrogen-bond donors (Lipinski definition) is 1. The van der Waals surface area contributed by atoms with Crippen molar-refractivity contribution >= 4 is 5.97 Å². The molecule has 1 rings (SSSR count). The molecule has 0 bridgehead atoms. The molecule has 0 aromatic carbocycles. The molecule has 82 valence electrons. The second-order valence-corrected chi connectivity index (χ2v) is 3.73. The molecular formula is C9H15F2NO2. The van der Waals surface area contributed by atoms with Crippen LogP contribution in [-0.4, -0.2) is 31.5 Å². The van der Waals surface area contributed by atoms with Gasteiger partial charge in [0.25, 0.3) is 0 Å². The third-order valence-electron chi connectivity index (χ3n) is 2.60. The summed E-state index contributed by atoms with van der Waals surface area (Å²) in [4.78, 5) is 10.9. The number of carbonyl (C=O) groups is 1. The van der Waals surface area contributed by atoms with E-state index < -0.39 is 24.4 Å². The van der Waals surface area contributed by atoms with E-state index in [1.807, 2.05) is 0 Å². The fourth-order valence-electron chi connectivity index (χ4n) is 1.83. The first kappa shape index (κ1) is 11.4. The van der Waals surface area contributed by atoms with Gasteiger partial charge >= 0.3 is 5.97 Å². The van der Waals surface area contributed by atoms with Gasteiger partial charge in [0, 0.05) is 0 Å². The molecule has 0 heterocycles. The van der Waals surface area contributed by atoms with E-state index in [4.69, 9.17) is 5.73 Å².